The highest BCUT2D eigenvalue weighted by Gasteiger charge is 2.29. The smallest absolute Gasteiger partial charge is 0.271 e. The molecule has 0 aromatic carbocycles. The summed E-state index contributed by atoms with van der Waals surface area (Å²) in [5.41, 5.74) is 0.359. The van der Waals surface area contributed by atoms with Crippen molar-refractivity contribution in [2.24, 2.45) is 0 Å². The van der Waals surface area contributed by atoms with Crippen LogP contribution in [0, 0.1) is 0 Å². The Kier molecular flexibility index (Phi) is 5.50. The molecule has 1 unspecified atom stereocenters. The number of nitrogens with zero attached hydrogens (tertiary/aromatic N) is 3. The first-order chi connectivity index (χ1) is 10.1. The molecule has 21 heavy (non-hydrogen) atoms. The van der Waals surface area contributed by atoms with Gasteiger partial charge in [0.25, 0.3) is 5.91 Å². The number of aromatic nitrogens is 2. The van der Waals surface area contributed by atoms with Gasteiger partial charge in [-0.2, -0.15) is 0 Å². The minimum Gasteiger partial charge on any atom is -0.369 e. The molecule has 116 valence electrons. The van der Waals surface area contributed by atoms with Crippen molar-refractivity contribution in [3.63, 3.8) is 0 Å². The molecule has 1 atom stereocenters. The molecule has 1 amide bonds. The lowest BCUT2D eigenvalue weighted by atomic mass is 10.3. The first-order valence-corrected chi connectivity index (χ1v) is 7.68. The summed E-state index contributed by atoms with van der Waals surface area (Å²) in [7, 11) is 2.11. The lowest BCUT2D eigenvalue weighted by molar-refractivity contribution is 0.0934. The largest absolute Gasteiger partial charge is 0.369 e. The van der Waals surface area contributed by atoms with E-state index in [-0.39, 0.29) is 5.91 Å². The zero-order chi connectivity index (χ0) is 15.2. The third-order valence-electron chi connectivity index (χ3n) is 3.80. The zero-order valence-corrected chi connectivity index (χ0v) is 13.1. The Morgan fingerprint density at radius 2 is 2.24 bits per heavy atom. The average molecular weight is 291 g/mol. The molecule has 1 aromatic heterocycles. The first kappa shape index (κ1) is 15.7. The molecule has 0 aliphatic heterocycles. The Morgan fingerprint density at radius 1 is 1.48 bits per heavy atom. The van der Waals surface area contributed by atoms with Crippen molar-refractivity contribution in [2.75, 3.05) is 25.5 Å². The number of hydrogen-bond acceptors (Lipinski definition) is 5. The quantitative estimate of drug-likeness (QED) is 0.760. The van der Waals surface area contributed by atoms with Gasteiger partial charge < -0.3 is 10.6 Å². The minimum atomic E-state index is -0.168. The third-order valence-corrected chi connectivity index (χ3v) is 3.80. The second-order valence-corrected chi connectivity index (χ2v) is 5.67. The van der Waals surface area contributed by atoms with E-state index in [4.69, 9.17) is 0 Å². The summed E-state index contributed by atoms with van der Waals surface area (Å²) in [5.74, 6) is 0.478. The topological polar surface area (TPSA) is 70.2 Å². The van der Waals surface area contributed by atoms with Gasteiger partial charge in [-0.25, -0.2) is 4.98 Å². The van der Waals surface area contributed by atoms with Crippen molar-refractivity contribution in [1.29, 1.82) is 0 Å². The summed E-state index contributed by atoms with van der Waals surface area (Å²) in [6.45, 7) is 5.65. The Morgan fingerprint density at radius 3 is 2.90 bits per heavy atom. The molecule has 6 heteroatoms. The second-order valence-electron chi connectivity index (χ2n) is 5.67. The van der Waals surface area contributed by atoms with Gasteiger partial charge in [0.15, 0.2) is 0 Å². The predicted octanol–water partition coefficient (Wildman–Crippen LogP) is 1.51. The molecular weight excluding hydrogens is 266 g/mol. The molecule has 1 heterocycles. The van der Waals surface area contributed by atoms with E-state index in [0.29, 0.717) is 30.1 Å². The fraction of sp³-hybridized carbons (Fsp3) is 0.667. The van der Waals surface area contributed by atoms with Crippen molar-refractivity contribution < 1.29 is 4.79 Å². The number of carbonyl (C=O) groups excluding carboxylic acids is 1. The van der Waals surface area contributed by atoms with E-state index in [1.807, 2.05) is 0 Å². The van der Waals surface area contributed by atoms with Crippen LogP contribution in [0.3, 0.4) is 0 Å². The standard InChI is InChI=1S/C15H25N5O/c1-4-7-17-14-10-16-9-13(19-14)15(21)18-8-11(2)20(3)12-5-6-12/h9-12H,4-8H2,1-3H3,(H,17,19)(H,18,21). The van der Waals surface area contributed by atoms with Crippen molar-refractivity contribution in [3.05, 3.63) is 18.1 Å². The number of amides is 1. The monoisotopic (exact) mass is 291 g/mol. The van der Waals surface area contributed by atoms with Crippen LogP contribution in [0.5, 0.6) is 0 Å². The van der Waals surface area contributed by atoms with E-state index in [0.717, 1.165) is 13.0 Å². The number of anilines is 1. The van der Waals surface area contributed by atoms with E-state index in [1.165, 1.54) is 19.0 Å². The Bertz CT molecular complexity index is 475. The molecule has 0 spiro atoms. The number of nitrogens with one attached hydrogen (secondary N) is 2. The van der Waals surface area contributed by atoms with Crippen molar-refractivity contribution in [1.82, 2.24) is 20.2 Å². The van der Waals surface area contributed by atoms with E-state index >= 15 is 0 Å². The second kappa shape index (κ2) is 7.36. The maximum absolute atomic E-state index is 12.1. The number of hydrogen-bond donors (Lipinski definition) is 2. The number of rotatable bonds is 8. The van der Waals surface area contributed by atoms with E-state index in [9.17, 15) is 4.79 Å². The highest BCUT2D eigenvalue weighted by Crippen LogP contribution is 2.26. The molecule has 1 aliphatic rings. The van der Waals surface area contributed by atoms with Gasteiger partial charge >= 0.3 is 0 Å². The highest BCUT2D eigenvalue weighted by atomic mass is 16.1. The van der Waals surface area contributed by atoms with Crippen molar-refractivity contribution in [3.8, 4) is 0 Å². The van der Waals surface area contributed by atoms with Crippen LogP contribution in [0.1, 0.15) is 43.6 Å². The summed E-state index contributed by atoms with van der Waals surface area (Å²) in [5, 5.41) is 6.07. The van der Waals surface area contributed by atoms with Gasteiger partial charge in [0.1, 0.15) is 11.5 Å². The van der Waals surface area contributed by atoms with Gasteiger partial charge in [-0.3, -0.25) is 14.7 Å². The minimum absolute atomic E-state index is 0.168. The van der Waals surface area contributed by atoms with Gasteiger partial charge in [0.05, 0.1) is 12.4 Å². The predicted molar refractivity (Wildman–Crippen MR) is 83.4 cm³/mol. The van der Waals surface area contributed by atoms with Crippen LogP contribution in [0.25, 0.3) is 0 Å². The lowest BCUT2D eigenvalue weighted by Crippen LogP contribution is -2.41. The average Bonchev–Trinajstić information content (AvgIpc) is 3.34. The van der Waals surface area contributed by atoms with Crippen molar-refractivity contribution >= 4 is 11.7 Å². The molecule has 0 saturated heterocycles. The van der Waals surface area contributed by atoms with Gasteiger partial charge in [-0.05, 0) is 33.2 Å². The SMILES string of the molecule is CCCNc1cncc(C(=O)NCC(C)N(C)C2CC2)n1. The normalized spacial score (nSPS) is 15.8. The van der Waals surface area contributed by atoms with Crippen LogP contribution < -0.4 is 10.6 Å². The van der Waals surface area contributed by atoms with E-state index in [1.54, 1.807) is 6.20 Å². The first-order valence-electron chi connectivity index (χ1n) is 7.68. The maximum atomic E-state index is 12.1. The number of likely N-dealkylation sites (N-methyl/N-ethyl adjacent to an activating group) is 1. The van der Waals surface area contributed by atoms with Crippen LogP contribution >= 0.6 is 0 Å². The zero-order valence-electron chi connectivity index (χ0n) is 13.1. The molecule has 0 radical (unpaired) electrons. The highest BCUT2D eigenvalue weighted by molar-refractivity contribution is 5.92. The van der Waals surface area contributed by atoms with Crippen LogP contribution in [-0.2, 0) is 0 Å². The third kappa shape index (κ3) is 4.67. The van der Waals surface area contributed by atoms with Crippen LogP contribution in [-0.4, -0.2) is 53.0 Å². The fourth-order valence-electron chi connectivity index (χ4n) is 2.13. The van der Waals surface area contributed by atoms with Gasteiger partial charge in [-0.15, -0.1) is 0 Å². The fourth-order valence-corrected chi connectivity index (χ4v) is 2.13. The van der Waals surface area contributed by atoms with Crippen LogP contribution in [0.4, 0.5) is 5.82 Å². The van der Waals surface area contributed by atoms with Crippen LogP contribution in [0.2, 0.25) is 0 Å². The lowest BCUT2D eigenvalue weighted by Gasteiger charge is -2.24. The molecule has 6 nitrogen and oxygen atoms in total. The summed E-state index contributed by atoms with van der Waals surface area (Å²) < 4.78 is 0. The number of carbonyl (C=O) groups is 1. The van der Waals surface area contributed by atoms with Gasteiger partial charge in [0.2, 0.25) is 0 Å². The maximum Gasteiger partial charge on any atom is 0.271 e. The molecule has 2 rings (SSSR count). The molecule has 2 N–H and O–H groups in total. The molecule has 1 aliphatic carbocycles. The molecule has 1 fully saturated rings. The molecule has 0 bridgehead atoms. The van der Waals surface area contributed by atoms with Gasteiger partial charge in [0, 0.05) is 25.2 Å². The van der Waals surface area contributed by atoms with E-state index < -0.39 is 0 Å². The Hall–Kier alpha value is -1.69. The Labute approximate surface area is 126 Å². The van der Waals surface area contributed by atoms with Crippen LogP contribution in [0.15, 0.2) is 12.4 Å². The summed E-state index contributed by atoms with van der Waals surface area (Å²) in [6.07, 6.45) is 6.68. The van der Waals surface area contributed by atoms with Crippen molar-refractivity contribution in [2.45, 2.75) is 45.2 Å². The molecule has 1 saturated carbocycles. The van der Waals surface area contributed by atoms with Gasteiger partial charge in [-0.1, -0.05) is 6.92 Å². The summed E-state index contributed by atoms with van der Waals surface area (Å²) in [6, 6.07) is 1.02. The Balaban J connectivity index is 1.84. The van der Waals surface area contributed by atoms with E-state index in [2.05, 4.69) is 46.4 Å². The molecule has 1 aromatic rings. The summed E-state index contributed by atoms with van der Waals surface area (Å²) in [4.78, 5) is 22.8. The summed E-state index contributed by atoms with van der Waals surface area (Å²) >= 11 is 0. The molecular formula is C15H25N5O.